The number of nitrogens with one attached hydrogen (secondary N) is 1. The van der Waals surface area contributed by atoms with Gasteiger partial charge < -0.3 is 4.74 Å². The molecule has 0 bridgehead atoms. The number of rotatable bonds is 6. The Hall–Kier alpha value is -2.53. The summed E-state index contributed by atoms with van der Waals surface area (Å²) < 4.78 is 6.83. The van der Waals surface area contributed by atoms with Gasteiger partial charge in [0.2, 0.25) is 16.2 Å². The zero-order valence-electron chi connectivity index (χ0n) is 11.9. The predicted octanol–water partition coefficient (Wildman–Crippen LogP) is 1.25. The first kappa shape index (κ1) is 15.4. The SMILES string of the molecule is COc1ccccc1-n1nnnc1SCC(=O)Nc1nncs1. The molecule has 9 nitrogen and oxygen atoms in total. The van der Waals surface area contributed by atoms with Crippen LogP contribution in [0.4, 0.5) is 5.13 Å². The number of benzene rings is 1. The lowest BCUT2D eigenvalue weighted by Crippen LogP contribution is -2.14. The van der Waals surface area contributed by atoms with Crippen LogP contribution in [0.5, 0.6) is 5.75 Å². The molecule has 0 saturated carbocycles. The molecule has 11 heteroatoms. The summed E-state index contributed by atoms with van der Waals surface area (Å²) in [6.07, 6.45) is 0. The minimum absolute atomic E-state index is 0.148. The van der Waals surface area contributed by atoms with Gasteiger partial charge in [0.15, 0.2) is 0 Å². The molecule has 0 aliphatic carbocycles. The van der Waals surface area contributed by atoms with Crippen LogP contribution in [0.15, 0.2) is 34.9 Å². The van der Waals surface area contributed by atoms with Crippen LogP contribution in [0, 0.1) is 0 Å². The van der Waals surface area contributed by atoms with Crippen molar-refractivity contribution in [2.45, 2.75) is 5.16 Å². The summed E-state index contributed by atoms with van der Waals surface area (Å²) in [4.78, 5) is 11.9. The molecular formula is C12H11N7O2S2. The molecule has 3 aromatic rings. The monoisotopic (exact) mass is 349 g/mol. The number of amides is 1. The van der Waals surface area contributed by atoms with Crippen LogP contribution in [0.1, 0.15) is 0 Å². The van der Waals surface area contributed by atoms with E-state index in [4.69, 9.17) is 4.74 Å². The predicted molar refractivity (Wildman–Crippen MR) is 85.0 cm³/mol. The summed E-state index contributed by atoms with van der Waals surface area (Å²) in [7, 11) is 1.57. The van der Waals surface area contributed by atoms with Gasteiger partial charge in [-0.2, -0.15) is 4.68 Å². The van der Waals surface area contributed by atoms with Crippen molar-refractivity contribution in [2.24, 2.45) is 0 Å². The van der Waals surface area contributed by atoms with Gasteiger partial charge >= 0.3 is 0 Å². The van der Waals surface area contributed by atoms with E-state index in [1.165, 1.54) is 27.8 Å². The van der Waals surface area contributed by atoms with Gasteiger partial charge in [-0.3, -0.25) is 10.1 Å². The van der Waals surface area contributed by atoms with Gasteiger partial charge in [0.25, 0.3) is 0 Å². The molecule has 2 heterocycles. The van der Waals surface area contributed by atoms with E-state index in [1.54, 1.807) is 12.6 Å². The van der Waals surface area contributed by atoms with E-state index >= 15 is 0 Å². The molecule has 0 saturated heterocycles. The lowest BCUT2D eigenvalue weighted by molar-refractivity contribution is -0.113. The van der Waals surface area contributed by atoms with E-state index < -0.39 is 0 Å². The van der Waals surface area contributed by atoms with Crippen molar-refractivity contribution in [3.8, 4) is 11.4 Å². The Kier molecular flexibility index (Phi) is 4.78. The fourth-order valence-corrected chi connectivity index (χ4v) is 2.88. The lowest BCUT2D eigenvalue weighted by atomic mass is 10.3. The largest absolute Gasteiger partial charge is 0.494 e. The maximum atomic E-state index is 11.9. The number of methoxy groups -OCH3 is 1. The van der Waals surface area contributed by atoms with E-state index in [-0.39, 0.29) is 11.7 Å². The van der Waals surface area contributed by atoms with Crippen LogP contribution < -0.4 is 10.1 Å². The van der Waals surface area contributed by atoms with Crippen LogP contribution in [-0.2, 0) is 4.79 Å². The molecule has 1 N–H and O–H groups in total. The quantitative estimate of drug-likeness (QED) is 0.663. The first-order valence-corrected chi connectivity index (χ1v) is 8.25. The van der Waals surface area contributed by atoms with Gasteiger partial charge in [-0.15, -0.1) is 15.3 Å². The third-order valence-corrected chi connectivity index (χ3v) is 4.22. The van der Waals surface area contributed by atoms with Gasteiger partial charge in [-0.05, 0) is 22.6 Å². The van der Waals surface area contributed by atoms with Crippen molar-refractivity contribution in [3.05, 3.63) is 29.8 Å². The number of para-hydroxylation sites is 2. The number of tetrazole rings is 1. The summed E-state index contributed by atoms with van der Waals surface area (Å²) >= 11 is 2.47. The van der Waals surface area contributed by atoms with E-state index in [0.29, 0.717) is 21.7 Å². The maximum Gasteiger partial charge on any atom is 0.236 e. The Labute approximate surface area is 139 Å². The number of anilines is 1. The number of ether oxygens (including phenoxy) is 1. The molecule has 2 aromatic heterocycles. The van der Waals surface area contributed by atoms with Gasteiger partial charge in [0.1, 0.15) is 16.9 Å². The highest BCUT2D eigenvalue weighted by molar-refractivity contribution is 7.99. The van der Waals surface area contributed by atoms with Crippen molar-refractivity contribution in [3.63, 3.8) is 0 Å². The zero-order valence-corrected chi connectivity index (χ0v) is 13.5. The van der Waals surface area contributed by atoms with E-state index in [0.717, 1.165) is 0 Å². The highest BCUT2D eigenvalue weighted by Crippen LogP contribution is 2.25. The average Bonchev–Trinajstić information content (AvgIpc) is 3.24. The second-order valence-electron chi connectivity index (χ2n) is 4.13. The van der Waals surface area contributed by atoms with Crippen LogP contribution >= 0.6 is 23.1 Å². The second-order valence-corrected chi connectivity index (χ2v) is 5.90. The smallest absolute Gasteiger partial charge is 0.236 e. The first-order valence-electron chi connectivity index (χ1n) is 6.38. The molecule has 1 amide bonds. The number of hydrogen-bond acceptors (Lipinski definition) is 9. The van der Waals surface area contributed by atoms with E-state index in [1.807, 2.05) is 24.3 Å². The molecule has 0 aliphatic rings. The zero-order chi connectivity index (χ0) is 16.1. The molecule has 0 fully saturated rings. The second kappa shape index (κ2) is 7.15. The standard InChI is InChI=1S/C12H11N7O2S2/c1-21-9-5-3-2-4-8(9)19-12(16-17-18-19)22-6-10(20)14-11-15-13-7-23-11/h2-5,7H,6H2,1H3,(H,14,15,20). The molecule has 1 aromatic carbocycles. The number of aromatic nitrogens is 6. The van der Waals surface area contributed by atoms with Gasteiger partial charge in [0, 0.05) is 0 Å². The Morgan fingerprint density at radius 2 is 2.26 bits per heavy atom. The Morgan fingerprint density at radius 3 is 3.04 bits per heavy atom. The van der Waals surface area contributed by atoms with Crippen molar-refractivity contribution in [2.75, 3.05) is 18.2 Å². The molecule has 3 rings (SSSR count). The van der Waals surface area contributed by atoms with Crippen LogP contribution in [0.2, 0.25) is 0 Å². The number of thioether (sulfide) groups is 1. The highest BCUT2D eigenvalue weighted by Gasteiger charge is 2.14. The third kappa shape index (κ3) is 3.63. The summed E-state index contributed by atoms with van der Waals surface area (Å²) in [6.45, 7) is 0. The van der Waals surface area contributed by atoms with Crippen molar-refractivity contribution in [1.82, 2.24) is 30.4 Å². The molecule has 0 aliphatic heterocycles. The number of carbonyl (C=O) groups is 1. The summed E-state index contributed by atoms with van der Waals surface area (Å²) in [5, 5.41) is 22.6. The van der Waals surface area contributed by atoms with Crippen LogP contribution in [0.3, 0.4) is 0 Å². The van der Waals surface area contributed by atoms with Crippen LogP contribution in [0.25, 0.3) is 5.69 Å². The first-order chi connectivity index (χ1) is 11.3. The Morgan fingerprint density at radius 1 is 1.39 bits per heavy atom. The van der Waals surface area contributed by atoms with Crippen molar-refractivity contribution in [1.29, 1.82) is 0 Å². The fourth-order valence-electron chi connectivity index (χ4n) is 1.74. The minimum atomic E-state index is -0.207. The van der Waals surface area contributed by atoms with Gasteiger partial charge in [0.05, 0.1) is 12.9 Å². The van der Waals surface area contributed by atoms with Crippen molar-refractivity contribution < 1.29 is 9.53 Å². The third-order valence-electron chi connectivity index (χ3n) is 2.69. The normalized spacial score (nSPS) is 10.5. The number of nitrogens with zero attached hydrogens (tertiary/aromatic N) is 6. The highest BCUT2D eigenvalue weighted by atomic mass is 32.2. The minimum Gasteiger partial charge on any atom is -0.494 e. The van der Waals surface area contributed by atoms with E-state index in [2.05, 4.69) is 31.0 Å². The summed E-state index contributed by atoms with van der Waals surface area (Å²) in [5.74, 6) is 0.580. The number of carbonyl (C=O) groups excluding carboxylic acids is 1. The van der Waals surface area contributed by atoms with Crippen LogP contribution in [-0.4, -0.2) is 49.2 Å². The lowest BCUT2D eigenvalue weighted by Gasteiger charge is -2.08. The number of hydrogen-bond donors (Lipinski definition) is 1. The Balaban J connectivity index is 1.70. The maximum absolute atomic E-state index is 11.9. The fraction of sp³-hybridized carbons (Fsp3) is 0.167. The Bertz CT molecular complexity index is 790. The molecule has 118 valence electrons. The van der Waals surface area contributed by atoms with Crippen molar-refractivity contribution >= 4 is 34.1 Å². The van der Waals surface area contributed by atoms with Gasteiger partial charge in [-0.1, -0.05) is 35.2 Å². The topological polar surface area (TPSA) is 108 Å². The summed E-state index contributed by atoms with van der Waals surface area (Å²) in [5.41, 5.74) is 2.25. The molecule has 0 unspecified atom stereocenters. The average molecular weight is 349 g/mol. The molecule has 0 atom stereocenters. The molecular weight excluding hydrogens is 338 g/mol. The van der Waals surface area contributed by atoms with E-state index in [9.17, 15) is 4.79 Å². The molecule has 23 heavy (non-hydrogen) atoms. The molecule has 0 radical (unpaired) electrons. The van der Waals surface area contributed by atoms with Gasteiger partial charge in [-0.25, -0.2) is 0 Å². The summed E-state index contributed by atoms with van der Waals surface area (Å²) in [6, 6.07) is 7.36. The molecule has 0 spiro atoms.